The Kier molecular flexibility index (Phi) is 2.63. The Hall–Kier alpha value is -1.90. The third-order valence-corrected chi connectivity index (χ3v) is 2.25. The molecule has 0 atom stereocenters. The van der Waals surface area contributed by atoms with Crippen molar-refractivity contribution in [1.29, 1.82) is 0 Å². The van der Waals surface area contributed by atoms with Gasteiger partial charge in [-0.25, -0.2) is 4.79 Å². The van der Waals surface area contributed by atoms with E-state index >= 15 is 0 Å². The van der Waals surface area contributed by atoms with Crippen LogP contribution in [0.3, 0.4) is 0 Å². The van der Waals surface area contributed by atoms with Crippen molar-refractivity contribution in [3.05, 3.63) is 41.0 Å². The van der Waals surface area contributed by atoms with Crippen molar-refractivity contribution < 1.29 is 14.3 Å². The van der Waals surface area contributed by atoms with Crippen molar-refractivity contribution in [1.82, 2.24) is 0 Å². The molecule has 0 radical (unpaired) electrons. The minimum Gasteiger partial charge on any atom is -0.457 e. The van der Waals surface area contributed by atoms with Crippen LogP contribution in [0, 0.1) is 0 Å². The number of ether oxygens (including phenoxy) is 1. The lowest BCUT2D eigenvalue weighted by Crippen LogP contribution is -1.92. The van der Waals surface area contributed by atoms with Crippen LogP contribution in [-0.4, -0.2) is 12.3 Å². The van der Waals surface area contributed by atoms with Crippen LogP contribution in [0.25, 0.3) is 6.08 Å². The number of hydrogen-bond acceptors (Lipinski definition) is 3. The normalized spacial score (nSPS) is 14.0. The Morgan fingerprint density at radius 3 is 3.07 bits per heavy atom. The number of fused-ring (bicyclic) bond motifs is 1. The first-order valence-electron chi connectivity index (χ1n) is 4.71. The molecule has 0 unspecified atom stereocenters. The second-order valence-electron chi connectivity index (χ2n) is 3.30. The summed E-state index contributed by atoms with van der Waals surface area (Å²) in [5, 5.41) is 0. The molecule has 0 saturated carbocycles. The number of rotatable bonds is 3. The van der Waals surface area contributed by atoms with Crippen LogP contribution in [0.1, 0.15) is 27.9 Å². The van der Waals surface area contributed by atoms with Gasteiger partial charge in [-0.05, 0) is 17.7 Å². The molecule has 0 spiro atoms. The van der Waals surface area contributed by atoms with E-state index < -0.39 is 0 Å². The van der Waals surface area contributed by atoms with Gasteiger partial charge in [-0.3, -0.25) is 0 Å². The number of allylic oxidation sites excluding steroid dienone is 1. The Labute approximate surface area is 87.4 Å². The molecule has 0 amide bonds. The highest BCUT2D eigenvalue weighted by molar-refractivity contribution is 5.93. The third-order valence-electron chi connectivity index (χ3n) is 2.25. The van der Waals surface area contributed by atoms with Gasteiger partial charge in [-0.1, -0.05) is 18.2 Å². The van der Waals surface area contributed by atoms with Crippen LogP contribution < -0.4 is 0 Å². The second-order valence-corrected chi connectivity index (χ2v) is 3.30. The molecule has 15 heavy (non-hydrogen) atoms. The van der Waals surface area contributed by atoms with Crippen LogP contribution in [0.4, 0.5) is 0 Å². The molecule has 1 aliphatic rings. The first-order chi connectivity index (χ1) is 7.31. The molecule has 0 saturated heterocycles. The van der Waals surface area contributed by atoms with Crippen LogP contribution in [0.15, 0.2) is 24.3 Å². The van der Waals surface area contributed by atoms with Crippen molar-refractivity contribution in [2.75, 3.05) is 0 Å². The number of cyclic esters (lactones) is 1. The standard InChI is InChI=1S/C12H10O3/c13-6-2-1-3-9-4-5-11-10(7-9)8-15-12(11)14/h1,3-7H,2,8H2. The quantitative estimate of drug-likeness (QED) is 0.556. The number of aldehydes is 1. The molecular weight excluding hydrogens is 192 g/mol. The molecule has 3 heteroatoms. The predicted molar refractivity (Wildman–Crippen MR) is 55.3 cm³/mol. The van der Waals surface area contributed by atoms with Gasteiger partial charge in [0, 0.05) is 12.0 Å². The molecule has 76 valence electrons. The molecule has 1 aliphatic heterocycles. The Morgan fingerprint density at radius 1 is 1.40 bits per heavy atom. The van der Waals surface area contributed by atoms with E-state index in [-0.39, 0.29) is 5.97 Å². The highest BCUT2D eigenvalue weighted by Gasteiger charge is 2.20. The average molecular weight is 202 g/mol. The largest absolute Gasteiger partial charge is 0.457 e. The van der Waals surface area contributed by atoms with E-state index in [0.717, 1.165) is 17.4 Å². The molecule has 0 aliphatic carbocycles. The number of carbonyl (C=O) groups is 2. The number of esters is 1. The van der Waals surface area contributed by atoms with E-state index in [2.05, 4.69) is 0 Å². The summed E-state index contributed by atoms with van der Waals surface area (Å²) in [5.74, 6) is -0.256. The summed E-state index contributed by atoms with van der Waals surface area (Å²) in [4.78, 5) is 21.3. The highest BCUT2D eigenvalue weighted by atomic mass is 16.5. The number of hydrogen-bond donors (Lipinski definition) is 0. The molecule has 0 bridgehead atoms. The lowest BCUT2D eigenvalue weighted by molar-refractivity contribution is -0.107. The van der Waals surface area contributed by atoms with E-state index in [1.54, 1.807) is 12.1 Å². The first-order valence-corrected chi connectivity index (χ1v) is 4.71. The molecule has 1 aromatic rings. The van der Waals surface area contributed by atoms with Crippen molar-refractivity contribution >= 4 is 18.3 Å². The molecule has 1 aromatic carbocycles. The fourth-order valence-corrected chi connectivity index (χ4v) is 1.52. The summed E-state index contributed by atoms with van der Waals surface area (Å²) in [6, 6.07) is 5.50. The molecule has 2 rings (SSSR count). The topological polar surface area (TPSA) is 43.4 Å². The Morgan fingerprint density at radius 2 is 2.27 bits per heavy atom. The fourth-order valence-electron chi connectivity index (χ4n) is 1.52. The first kappa shape index (κ1) is 9.65. The molecule has 0 aromatic heterocycles. The summed E-state index contributed by atoms with van der Waals surface area (Å²) in [7, 11) is 0. The monoisotopic (exact) mass is 202 g/mol. The zero-order chi connectivity index (χ0) is 10.7. The maximum absolute atomic E-state index is 11.2. The van der Waals surface area contributed by atoms with Gasteiger partial charge in [0.2, 0.25) is 0 Å². The van der Waals surface area contributed by atoms with Gasteiger partial charge in [-0.15, -0.1) is 0 Å². The highest BCUT2D eigenvalue weighted by Crippen LogP contribution is 2.21. The van der Waals surface area contributed by atoms with E-state index in [1.165, 1.54) is 0 Å². The minimum atomic E-state index is -0.256. The maximum atomic E-state index is 11.2. The van der Waals surface area contributed by atoms with Gasteiger partial charge < -0.3 is 9.53 Å². The van der Waals surface area contributed by atoms with Crippen LogP contribution in [-0.2, 0) is 16.1 Å². The van der Waals surface area contributed by atoms with Crippen molar-refractivity contribution in [2.24, 2.45) is 0 Å². The van der Waals surface area contributed by atoms with Crippen molar-refractivity contribution in [3.8, 4) is 0 Å². The summed E-state index contributed by atoms with van der Waals surface area (Å²) in [5.41, 5.74) is 2.53. The number of carbonyl (C=O) groups excluding carboxylic acids is 2. The van der Waals surface area contributed by atoms with Crippen LogP contribution in [0.5, 0.6) is 0 Å². The summed E-state index contributed by atoms with van der Waals surface area (Å²) >= 11 is 0. The SMILES string of the molecule is O=CCC=Cc1ccc2c(c1)COC2=O. The zero-order valence-electron chi connectivity index (χ0n) is 8.10. The minimum absolute atomic E-state index is 0.256. The van der Waals surface area contributed by atoms with Crippen molar-refractivity contribution in [3.63, 3.8) is 0 Å². The molecular formula is C12H10O3. The van der Waals surface area contributed by atoms with Crippen LogP contribution in [0.2, 0.25) is 0 Å². The average Bonchev–Trinajstić information content (AvgIpc) is 2.61. The van der Waals surface area contributed by atoms with E-state index in [4.69, 9.17) is 4.74 Å². The molecule has 3 nitrogen and oxygen atoms in total. The van der Waals surface area contributed by atoms with Gasteiger partial charge in [0.05, 0.1) is 5.56 Å². The van der Waals surface area contributed by atoms with E-state index in [1.807, 2.05) is 18.2 Å². The lowest BCUT2D eigenvalue weighted by Gasteiger charge is -1.96. The van der Waals surface area contributed by atoms with Gasteiger partial charge >= 0.3 is 5.97 Å². The second kappa shape index (κ2) is 4.09. The van der Waals surface area contributed by atoms with E-state index in [0.29, 0.717) is 18.6 Å². The Bertz CT molecular complexity index is 432. The zero-order valence-corrected chi connectivity index (χ0v) is 8.10. The van der Waals surface area contributed by atoms with Gasteiger partial charge in [-0.2, -0.15) is 0 Å². The smallest absolute Gasteiger partial charge is 0.338 e. The van der Waals surface area contributed by atoms with Crippen molar-refractivity contribution in [2.45, 2.75) is 13.0 Å². The number of benzene rings is 1. The Balaban J connectivity index is 2.23. The summed E-state index contributed by atoms with van der Waals surface area (Å²) < 4.78 is 4.88. The fraction of sp³-hybridized carbons (Fsp3) is 0.167. The molecule has 1 heterocycles. The van der Waals surface area contributed by atoms with Gasteiger partial charge in [0.1, 0.15) is 12.9 Å². The lowest BCUT2D eigenvalue weighted by atomic mass is 10.1. The maximum Gasteiger partial charge on any atom is 0.338 e. The third kappa shape index (κ3) is 1.96. The van der Waals surface area contributed by atoms with E-state index in [9.17, 15) is 9.59 Å². The molecule has 0 N–H and O–H groups in total. The van der Waals surface area contributed by atoms with Gasteiger partial charge in [0.25, 0.3) is 0 Å². The molecule has 0 fully saturated rings. The summed E-state index contributed by atoms with van der Waals surface area (Å²) in [6.07, 6.45) is 4.90. The van der Waals surface area contributed by atoms with Gasteiger partial charge in [0.15, 0.2) is 0 Å². The summed E-state index contributed by atoms with van der Waals surface area (Å²) in [6.45, 7) is 0.351. The predicted octanol–water partition coefficient (Wildman–Crippen LogP) is 1.96. The van der Waals surface area contributed by atoms with Crippen LogP contribution >= 0.6 is 0 Å².